The number of carbonyl (C=O) groups is 2. The van der Waals surface area contributed by atoms with E-state index in [0.29, 0.717) is 29.1 Å². The number of hydrogen-bond acceptors (Lipinski definition) is 3. The predicted molar refractivity (Wildman–Crippen MR) is 115 cm³/mol. The molecule has 0 saturated heterocycles. The average molecular weight is 401 g/mol. The molecule has 3 heteroatoms. The highest BCUT2D eigenvalue weighted by Gasteiger charge is 2.57. The van der Waals surface area contributed by atoms with Crippen molar-refractivity contribution in [3.63, 3.8) is 0 Å². The Morgan fingerprint density at radius 2 is 2.03 bits per heavy atom. The Balaban J connectivity index is 1.54. The molecular formula is C26H40O3. The van der Waals surface area contributed by atoms with Crippen LogP contribution in [0.15, 0.2) is 11.6 Å². The van der Waals surface area contributed by atoms with Crippen LogP contribution in [0.1, 0.15) is 91.9 Å². The Kier molecular flexibility index (Phi) is 5.72. The van der Waals surface area contributed by atoms with E-state index in [1.807, 2.05) is 0 Å². The van der Waals surface area contributed by atoms with Gasteiger partial charge in [-0.3, -0.25) is 4.79 Å². The van der Waals surface area contributed by atoms with E-state index in [-0.39, 0.29) is 12.1 Å². The van der Waals surface area contributed by atoms with Crippen LogP contribution in [0.2, 0.25) is 0 Å². The quantitative estimate of drug-likeness (QED) is 0.317. The van der Waals surface area contributed by atoms with E-state index in [1.54, 1.807) is 12.5 Å². The average Bonchev–Trinajstić information content (AvgIpc) is 3.03. The second kappa shape index (κ2) is 7.85. The molecule has 3 fully saturated rings. The van der Waals surface area contributed by atoms with Crippen molar-refractivity contribution in [3.05, 3.63) is 11.6 Å². The van der Waals surface area contributed by atoms with Crippen LogP contribution in [-0.4, -0.2) is 18.4 Å². The fourth-order valence-corrected chi connectivity index (χ4v) is 8.33. The molecule has 29 heavy (non-hydrogen) atoms. The van der Waals surface area contributed by atoms with E-state index < -0.39 is 0 Å². The summed E-state index contributed by atoms with van der Waals surface area (Å²) in [6.07, 6.45) is 15.4. The van der Waals surface area contributed by atoms with E-state index in [2.05, 4.69) is 26.8 Å². The molecule has 4 rings (SSSR count). The van der Waals surface area contributed by atoms with Gasteiger partial charge in [0.05, 0.1) is 0 Å². The van der Waals surface area contributed by atoms with Gasteiger partial charge in [-0.1, -0.05) is 32.4 Å². The van der Waals surface area contributed by atoms with E-state index in [1.165, 1.54) is 38.5 Å². The zero-order valence-corrected chi connectivity index (χ0v) is 18.9. The number of aldehydes is 1. The van der Waals surface area contributed by atoms with Crippen molar-refractivity contribution >= 4 is 12.3 Å². The SMILES string of the molecule is CC(=O)O[C@@H]1CC[C@]2(C)C3=CC[C@]4(C)C([C@H](C)CCC=O)CC[C@H]4[C@@H]3CC[C@@H]2C1. The molecule has 4 aliphatic rings. The third-order valence-corrected chi connectivity index (χ3v) is 9.81. The zero-order valence-electron chi connectivity index (χ0n) is 18.9. The number of ether oxygens (including phenoxy) is 1. The monoisotopic (exact) mass is 400 g/mol. The summed E-state index contributed by atoms with van der Waals surface area (Å²) >= 11 is 0. The van der Waals surface area contributed by atoms with Crippen LogP contribution >= 0.6 is 0 Å². The van der Waals surface area contributed by atoms with Crippen LogP contribution in [0.5, 0.6) is 0 Å². The van der Waals surface area contributed by atoms with Crippen molar-refractivity contribution in [2.75, 3.05) is 0 Å². The molecule has 0 amide bonds. The summed E-state index contributed by atoms with van der Waals surface area (Å²) in [7, 11) is 0. The van der Waals surface area contributed by atoms with Gasteiger partial charge < -0.3 is 9.53 Å². The molecule has 0 aromatic rings. The molecule has 0 N–H and O–H groups in total. The van der Waals surface area contributed by atoms with Crippen molar-refractivity contribution < 1.29 is 14.3 Å². The maximum Gasteiger partial charge on any atom is 0.302 e. The highest BCUT2D eigenvalue weighted by Crippen LogP contribution is 2.66. The lowest BCUT2D eigenvalue weighted by Gasteiger charge is -2.57. The number of rotatable bonds is 5. The lowest BCUT2D eigenvalue weighted by atomic mass is 9.48. The highest BCUT2D eigenvalue weighted by atomic mass is 16.5. The largest absolute Gasteiger partial charge is 0.463 e. The van der Waals surface area contributed by atoms with Gasteiger partial charge in [0.2, 0.25) is 0 Å². The van der Waals surface area contributed by atoms with Gasteiger partial charge >= 0.3 is 5.97 Å². The number of allylic oxidation sites excluding steroid dienone is 2. The molecule has 3 saturated carbocycles. The molecule has 162 valence electrons. The summed E-state index contributed by atoms with van der Waals surface area (Å²) in [5.74, 6) is 3.52. The van der Waals surface area contributed by atoms with Crippen LogP contribution in [-0.2, 0) is 14.3 Å². The Morgan fingerprint density at radius 3 is 2.76 bits per heavy atom. The third-order valence-electron chi connectivity index (χ3n) is 9.81. The number of carbonyl (C=O) groups excluding carboxylic acids is 2. The molecule has 8 atom stereocenters. The second-order valence-electron chi connectivity index (χ2n) is 11.2. The molecule has 0 aromatic carbocycles. The normalized spacial score (nSPS) is 44.7. The molecular weight excluding hydrogens is 360 g/mol. The van der Waals surface area contributed by atoms with Gasteiger partial charge in [-0.05, 0) is 98.2 Å². The van der Waals surface area contributed by atoms with Crippen LogP contribution in [0, 0.1) is 40.4 Å². The Morgan fingerprint density at radius 1 is 1.24 bits per heavy atom. The Hall–Kier alpha value is -1.12. The van der Waals surface area contributed by atoms with Crippen LogP contribution < -0.4 is 0 Å². The van der Waals surface area contributed by atoms with Crippen molar-refractivity contribution in [2.24, 2.45) is 40.4 Å². The third kappa shape index (κ3) is 3.51. The number of esters is 1. The Labute approximate surface area is 177 Å². The summed E-state index contributed by atoms with van der Waals surface area (Å²) in [5.41, 5.74) is 2.48. The lowest BCUT2D eigenvalue weighted by molar-refractivity contribution is -0.151. The smallest absolute Gasteiger partial charge is 0.302 e. The predicted octanol–water partition coefficient (Wildman–Crippen LogP) is 6.11. The molecule has 0 aliphatic heterocycles. The molecule has 0 heterocycles. The molecule has 3 nitrogen and oxygen atoms in total. The van der Waals surface area contributed by atoms with Gasteiger partial charge in [0.1, 0.15) is 12.4 Å². The summed E-state index contributed by atoms with van der Waals surface area (Å²) in [4.78, 5) is 22.3. The number of fused-ring (bicyclic) bond motifs is 5. The summed E-state index contributed by atoms with van der Waals surface area (Å²) in [6, 6.07) is 0. The summed E-state index contributed by atoms with van der Waals surface area (Å²) < 4.78 is 5.60. The van der Waals surface area contributed by atoms with Crippen molar-refractivity contribution in [1.29, 1.82) is 0 Å². The van der Waals surface area contributed by atoms with Gasteiger partial charge in [-0.25, -0.2) is 0 Å². The fraction of sp³-hybridized carbons (Fsp3) is 0.846. The van der Waals surface area contributed by atoms with E-state index >= 15 is 0 Å². The van der Waals surface area contributed by atoms with Crippen molar-refractivity contribution in [3.8, 4) is 0 Å². The molecule has 0 radical (unpaired) electrons. The lowest BCUT2D eigenvalue weighted by Crippen LogP contribution is -2.49. The van der Waals surface area contributed by atoms with E-state index in [0.717, 1.165) is 43.3 Å². The first-order valence-electron chi connectivity index (χ1n) is 12.1. The maximum absolute atomic E-state index is 11.4. The van der Waals surface area contributed by atoms with Crippen molar-refractivity contribution in [1.82, 2.24) is 0 Å². The minimum absolute atomic E-state index is 0.124. The standard InChI is InChI=1S/C26H40O3/c1-17(6-5-15-27)22-9-10-23-21-8-7-19-16-20(29-18(2)28)11-13-25(19,3)24(21)12-14-26(22,23)4/h12,15,17,19-23H,5-11,13-14,16H2,1-4H3/t17-,19-,20-,21+,22?,23+,25+,26-/m1/s1. The maximum atomic E-state index is 11.4. The van der Waals surface area contributed by atoms with E-state index in [9.17, 15) is 9.59 Å². The molecule has 0 spiro atoms. The first-order valence-corrected chi connectivity index (χ1v) is 12.1. The first-order chi connectivity index (χ1) is 13.8. The molecule has 4 aliphatic carbocycles. The van der Waals surface area contributed by atoms with Crippen LogP contribution in [0.4, 0.5) is 0 Å². The highest BCUT2D eigenvalue weighted by molar-refractivity contribution is 5.66. The fourth-order valence-electron chi connectivity index (χ4n) is 8.33. The van der Waals surface area contributed by atoms with Crippen LogP contribution in [0.3, 0.4) is 0 Å². The number of hydrogen-bond donors (Lipinski definition) is 0. The minimum Gasteiger partial charge on any atom is -0.463 e. The van der Waals surface area contributed by atoms with Gasteiger partial charge in [0, 0.05) is 13.3 Å². The summed E-state index contributed by atoms with van der Waals surface area (Å²) in [6.45, 7) is 9.00. The zero-order chi connectivity index (χ0) is 20.8. The second-order valence-corrected chi connectivity index (χ2v) is 11.2. The molecule has 0 aromatic heterocycles. The molecule has 1 unspecified atom stereocenters. The van der Waals surface area contributed by atoms with Gasteiger partial charge in [0.15, 0.2) is 0 Å². The Bertz CT molecular complexity index is 681. The van der Waals surface area contributed by atoms with E-state index in [4.69, 9.17) is 4.74 Å². The van der Waals surface area contributed by atoms with Gasteiger partial charge in [-0.15, -0.1) is 0 Å². The molecule has 0 bridgehead atoms. The van der Waals surface area contributed by atoms with Crippen molar-refractivity contribution in [2.45, 2.75) is 98.0 Å². The van der Waals surface area contributed by atoms with Gasteiger partial charge in [0.25, 0.3) is 0 Å². The minimum atomic E-state index is -0.124. The van der Waals surface area contributed by atoms with Crippen LogP contribution in [0.25, 0.3) is 0 Å². The summed E-state index contributed by atoms with van der Waals surface area (Å²) in [5, 5.41) is 0. The topological polar surface area (TPSA) is 43.4 Å². The first kappa shape index (κ1) is 21.1. The van der Waals surface area contributed by atoms with Gasteiger partial charge in [-0.2, -0.15) is 0 Å².